The zero-order valence-electron chi connectivity index (χ0n) is 16.0. The maximum atomic E-state index is 12.0. The van der Waals surface area contributed by atoms with Crippen LogP contribution in [0.2, 0.25) is 0 Å². The number of halogens is 1. The van der Waals surface area contributed by atoms with Gasteiger partial charge in [-0.05, 0) is 39.9 Å². The van der Waals surface area contributed by atoms with Crippen LogP contribution >= 0.6 is 24.6 Å². The minimum absolute atomic E-state index is 0. The number of nitro groups is 1. The zero-order valence-corrected chi connectivity index (χ0v) is 17.6. The van der Waals surface area contributed by atoms with Gasteiger partial charge in [0.05, 0.1) is 29.0 Å². The molecule has 154 valence electrons. The summed E-state index contributed by atoms with van der Waals surface area (Å²) >= 11 is 5.14. The third-order valence-electron chi connectivity index (χ3n) is 4.04. The number of nitrogens with zero attached hydrogens (tertiary/aromatic N) is 5. The van der Waals surface area contributed by atoms with Crippen LogP contribution in [0.25, 0.3) is 0 Å². The second-order valence-corrected chi connectivity index (χ2v) is 6.24. The van der Waals surface area contributed by atoms with Gasteiger partial charge in [0.2, 0.25) is 5.91 Å². The molecule has 0 bridgehead atoms. The third-order valence-corrected chi connectivity index (χ3v) is 4.25. The molecule has 2 heterocycles. The van der Waals surface area contributed by atoms with Crippen LogP contribution in [0.4, 0.5) is 11.4 Å². The molecule has 0 spiro atoms. The summed E-state index contributed by atoms with van der Waals surface area (Å²) in [5.74, 6) is -0.324. The Morgan fingerprint density at radius 3 is 2.46 bits per heavy atom. The average Bonchev–Trinajstić information content (AvgIpc) is 3.10. The van der Waals surface area contributed by atoms with Crippen LogP contribution in [0.1, 0.15) is 30.4 Å². The highest BCUT2D eigenvalue weighted by molar-refractivity contribution is 7.80. The van der Waals surface area contributed by atoms with E-state index in [9.17, 15) is 14.9 Å². The molecule has 3 N–H and O–H groups in total. The standard InChI is InChI=1S/C15H22N8O3S.ClH/c1-5-21-10(3)12(8-16-21)17-15(27)19-18-13(24)6-7-22-11(4)14(23(25)26)9(2)20-22;/h8H,5-7H2,1-4H3,(H,18,24)(H2,17,19,27);1H. The van der Waals surface area contributed by atoms with Crippen molar-refractivity contribution in [3.63, 3.8) is 0 Å². The number of amides is 1. The van der Waals surface area contributed by atoms with Crippen LogP contribution in [0.5, 0.6) is 0 Å². The molecular weight excluding hydrogens is 408 g/mol. The molecule has 0 aliphatic heterocycles. The molecule has 11 nitrogen and oxygen atoms in total. The molecule has 0 aromatic carbocycles. The molecule has 0 atom stereocenters. The maximum Gasteiger partial charge on any atom is 0.312 e. The van der Waals surface area contributed by atoms with Gasteiger partial charge in [0.15, 0.2) is 5.11 Å². The Morgan fingerprint density at radius 1 is 1.25 bits per heavy atom. The summed E-state index contributed by atoms with van der Waals surface area (Å²) < 4.78 is 3.27. The SMILES string of the molecule is CCn1ncc(NC(=S)NNC(=O)CCn2nc(C)c([N+](=O)[O-])c2C)c1C.Cl. The molecule has 0 saturated carbocycles. The monoisotopic (exact) mass is 430 g/mol. The number of hydrogen-bond acceptors (Lipinski definition) is 6. The molecular formula is C15H23ClN8O3S. The Balaban J connectivity index is 0.00000392. The van der Waals surface area contributed by atoms with Crippen molar-refractivity contribution in [1.29, 1.82) is 0 Å². The van der Waals surface area contributed by atoms with E-state index in [0.717, 1.165) is 17.9 Å². The smallest absolute Gasteiger partial charge is 0.312 e. The van der Waals surface area contributed by atoms with Crippen LogP contribution in [0.15, 0.2) is 6.20 Å². The lowest BCUT2D eigenvalue weighted by molar-refractivity contribution is -0.386. The fraction of sp³-hybridized carbons (Fsp3) is 0.467. The Hall–Kier alpha value is -2.73. The predicted octanol–water partition coefficient (Wildman–Crippen LogP) is 1.76. The first-order valence-corrected chi connectivity index (χ1v) is 8.72. The van der Waals surface area contributed by atoms with E-state index < -0.39 is 4.92 Å². The zero-order chi connectivity index (χ0) is 20.1. The van der Waals surface area contributed by atoms with Crippen molar-refractivity contribution in [3.8, 4) is 0 Å². The van der Waals surface area contributed by atoms with Crippen LogP contribution in [-0.4, -0.2) is 35.5 Å². The summed E-state index contributed by atoms with van der Waals surface area (Å²) in [5, 5.41) is 22.5. The number of carbonyl (C=O) groups is 1. The molecule has 1 amide bonds. The molecule has 0 saturated heterocycles. The summed E-state index contributed by atoms with van der Waals surface area (Å²) in [4.78, 5) is 22.5. The number of rotatable bonds is 6. The first-order valence-electron chi connectivity index (χ1n) is 8.31. The minimum atomic E-state index is -0.470. The molecule has 0 aliphatic carbocycles. The highest BCUT2D eigenvalue weighted by Gasteiger charge is 2.21. The van der Waals surface area contributed by atoms with Crippen LogP contribution in [0, 0.1) is 30.9 Å². The van der Waals surface area contributed by atoms with Crippen molar-refractivity contribution in [2.24, 2.45) is 0 Å². The molecule has 28 heavy (non-hydrogen) atoms. The molecule has 0 fully saturated rings. The van der Waals surface area contributed by atoms with Crippen molar-refractivity contribution in [2.75, 3.05) is 5.32 Å². The third kappa shape index (κ3) is 5.39. The molecule has 2 aromatic rings. The van der Waals surface area contributed by atoms with Gasteiger partial charge < -0.3 is 5.32 Å². The van der Waals surface area contributed by atoms with Crippen molar-refractivity contribution >= 4 is 47.0 Å². The van der Waals surface area contributed by atoms with Gasteiger partial charge in [0, 0.05) is 13.0 Å². The van der Waals surface area contributed by atoms with Gasteiger partial charge in [-0.3, -0.25) is 35.1 Å². The van der Waals surface area contributed by atoms with Gasteiger partial charge >= 0.3 is 5.69 Å². The van der Waals surface area contributed by atoms with Crippen molar-refractivity contribution in [3.05, 3.63) is 33.4 Å². The largest absolute Gasteiger partial charge is 0.329 e. The Labute approximate surface area is 173 Å². The highest BCUT2D eigenvalue weighted by atomic mass is 35.5. The van der Waals surface area contributed by atoms with Gasteiger partial charge in [-0.1, -0.05) is 0 Å². The normalized spacial score (nSPS) is 10.1. The molecule has 2 rings (SSSR count). The van der Waals surface area contributed by atoms with E-state index in [1.165, 1.54) is 4.68 Å². The summed E-state index contributed by atoms with van der Waals surface area (Å²) in [6, 6.07) is 0. The second-order valence-electron chi connectivity index (χ2n) is 5.84. The fourth-order valence-electron chi connectivity index (χ4n) is 2.61. The Kier molecular flexibility index (Phi) is 8.32. The van der Waals surface area contributed by atoms with Gasteiger partial charge in [-0.2, -0.15) is 10.2 Å². The van der Waals surface area contributed by atoms with Gasteiger partial charge in [-0.25, -0.2) is 0 Å². The lowest BCUT2D eigenvalue weighted by atomic mass is 10.3. The van der Waals surface area contributed by atoms with Gasteiger partial charge in [0.25, 0.3) is 0 Å². The summed E-state index contributed by atoms with van der Waals surface area (Å²) in [6.45, 7) is 8.03. The maximum absolute atomic E-state index is 12.0. The minimum Gasteiger partial charge on any atom is -0.329 e. The number of nitrogens with one attached hydrogen (secondary N) is 3. The number of carbonyl (C=O) groups excluding carboxylic acids is 1. The van der Waals surface area contributed by atoms with E-state index in [-0.39, 0.29) is 42.1 Å². The molecule has 2 aromatic heterocycles. The summed E-state index contributed by atoms with van der Waals surface area (Å²) in [6.07, 6.45) is 1.74. The van der Waals surface area contributed by atoms with E-state index in [0.29, 0.717) is 11.4 Å². The van der Waals surface area contributed by atoms with Gasteiger partial charge in [0.1, 0.15) is 11.4 Å². The molecule has 0 aliphatic rings. The van der Waals surface area contributed by atoms with E-state index >= 15 is 0 Å². The second kappa shape index (κ2) is 9.99. The topological polar surface area (TPSA) is 132 Å². The fourth-order valence-corrected chi connectivity index (χ4v) is 2.77. The number of hydrogen-bond donors (Lipinski definition) is 3. The highest BCUT2D eigenvalue weighted by Crippen LogP contribution is 2.21. The number of thiocarbonyl (C=S) groups is 1. The first-order chi connectivity index (χ1) is 12.7. The Morgan fingerprint density at radius 2 is 1.93 bits per heavy atom. The number of aryl methyl sites for hydroxylation is 3. The predicted molar refractivity (Wildman–Crippen MR) is 110 cm³/mol. The van der Waals surface area contributed by atoms with E-state index in [1.807, 2.05) is 18.5 Å². The summed E-state index contributed by atoms with van der Waals surface area (Å²) in [5.41, 5.74) is 7.49. The van der Waals surface area contributed by atoms with E-state index in [4.69, 9.17) is 12.2 Å². The van der Waals surface area contributed by atoms with Crippen LogP contribution in [-0.2, 0) is 17.9 Å². The lowest BCUT2D eigenvalue weighted by Crippen LogP contribution is -2.44. The van der Waals surface area contributed by atoms with E-state index in [1.54, 1.807) is 20.0 Å². The molecule has 0 unspecified atom stereocenters. The molecule has 0 radical (unpaired) electrons. The van der Waals surface area contributed by atoms with Crippen molar-refractivity contribution in [1.82, 2.24) is 30.4 Å². The lowest BCUT2D eigenvalue weighted by Gasteiger charge is -2.11. The average molecular weight is 431 g/mol. The quantitative estimate of drug-likeness (QED) is 0.359. The van der Waals surface area contributed by atoms with E-state index in [2.05, 4.69) is 26.4 Å². The number of aromatic nitrogens is 4. The Bertz CT molecular complexity index is 879. The summed E-state index contributed by atoms with van der Waals surface area (Å²) in [7, 11) is 0. The van der Waals surface area contributed by atoms with Crippen molar-refractivity contribution < 1.29 is 9.72 Å². The van der Waals surface area contributed by atoms with Crippen LogP contribution in [0.3, 0.4) is 0 Å². The number of anilines is 1. The van der Waals surface area contributed by atoms with Gasteiger partial charge in [-0.15, -0.1) is 12.4 Å². The van der Waals surface area contributed by atoms with Crippen molar-refractivity contribution in [2.45, 2.75) is 47.2 Å². The molecule has 13 heteroatoms. The number of hydrazine groups is 1. The van der Waals surface area contributed by atoms with Crippen LogP contribution < -0.4 is 16.2 Å². The first kappa shape index (κ1) is 23.3.